The standard InChI is InChI=1S/C15H20O7/c1-8(9-5-3-2-4-6-9)7-21-15-12(18)10(16)11(17)13(22-15)14(19)20/h2-6,8,10-13,15-18H,7H2,1H3,(H,19,20)/t8-,10+,11+,12-,13+,15-/m1/s1. The van der Waals surface area contributed by atoms with Crippen LogP contribution in [0.15, 0.2) is 30.3 Å². The van der Waals surface area contributed by atoms with Crippen LogP contribution in [-0.4, -0.2) is 63.7 Å². The zero-order valence-corrected chi connectivity index (χ0v) is 12.1. The Hall–Kier alpha value is -1.51. The van der Waals surface area contributed by atoms with Gasteiger partial charge < -0.3 is 29.9 Å². The lowest BCUT2D eigenvalue weighted by molar-refractivity contribution is -0.294. The molecule has 0 bridgehead atoms. The molecular weight excluding hydrogens is 292 g/mol. The van der Waals surface area contributed by atoms with Gasteiger partial charge in [-0.2, -0.15) is 0 Å². The van der Waals surface area contributed by atoms with E-state index in [1.807, 2.05) is 37.3 Å². The van der Waals surface area contributed by atoms with E-state index in [2.05, 4.69) is 0 Å². The first kappa shape index (κ1) is 16.9. The van der Waals surface area contributed by atoms with E-state index < -0.39 is 36.7 Å². The molecule has 1 heterocycles. The fourth-order valence-corrected chi connectivity index (χ4v) is 2.31. The summed E-state index contributed by atoms with van der Waals surface area (Å²) in [5, 5.41) is 38.1. The number of carbonyl (C=O) groups is 1. The third-order valence-corrected chi connectivity index (χ3v) is 3.69. The first-order valence-electron chi connectivity index (χ1n) is 7.01. The molecule has 2 rings (SSSR count). The van der Waals surface area contributed by atoms with Crippen molar-refractivity contribution in [3.8, 4) is 0 Å². The molecule has 1 aromatic rings. The smallest absolute Gasteiger partial charge is 0.335 e. The quantitative estimate of drug-likeness (QED) is 0.590. The van der Waals surface area contributed by atoms with Crippen LogP contribution in [0.2, 0.25) is 0 Å². The third kappa shape index (κ3) is 3.63. The zero-order chi connectivity index (χ0) is 16.3. The van der Waals surface area contributed by atoms with Crippen LogP contribution in [0.5, 0.6) is 0 Å². The summed E-state index contributed by atoms with van der Waals surface area (Å²) in [5.41, 5.74) is 1.02. The van der Waals surface area contributed by atoms with E-state index >= 15 is 0 Å². The Morgan fingerprint density at radius 3 is 2.41 bits per heavy atom. The maximum absolute atomic E-state index is 11.0. The van der Waals surface area contributed by atoms with Gasteiger partial charge in [-0.05, 0) is 5.56 Å². The number of hydrogen-bond donors (Lipinski definition) is 4. The number of rotatable bonds is 5. The van der Waals surface area contributed by atoms with Gasteiger partial charge in [-0.3, -0.25) is 0 Å². The van der Waals surface area contributed by atoms with Crippen LogP contribution < -0.4 is 0 Å². The van der Waals surface area contributed by atoms with Gasteiger partial charge in [0.2, 0.25) is 0 Å². The summed E-state index contributed by atoms with van der Waals surface area (Å²) >= 11 is 0. The number of carboxylic acid groups (broad SMARTS) is 1. The fraction of sp³-hybridized carbons (Fsp3) is 0.533. The molecule has 1 aromatic carbocycles. The fourth-order valence-electron chi connectivity index (χ4n) is 2.31. The number of carboxylic acids is 1. The predicted octanol–water partition coefficient (Wildman–Crippen LogP) is -0.301. The highest BCUT2D eigenvalue weighted by Gasteiger charge is 2.47. The van der Waals surface area contributed by atoms with Gasteiger partial charge in [-0.25, -0.2) is 4.79 Å². The lowest BCUT2D eigenvalue weighted by Gasteiger charge is -2.38. The molecule has 22 heavy (non-hydrogen) atoms. The van der Waals surface area contributed by atoms with E-state index in [1.165, 1.54) is 0 Å². The molecule has 0 radical (unpaired) electrons. The Morgan fingerprint density at radius 2 is 1.82 bits per heavy atom. The lowest BCUT2D eigenvalue weighted by Crippen LogP contribution is -2.60. The molecule has 6 atom stereocenters. The molecule has 0 spiro atoms. The van der Waals surface area contributed by atoms with Crippen LogP contribution in [0.4, 0.5) is 0 Å². The molecule has 0 unspecified atom stereocenters. The van der Waals surface area contributed by atoms with E-state index in [0.29, 0.717) is 0 Å². The average Bonchev–Trinajstić information content (AvgIpc) is 2.52. The number of aliphatic hydroxyl groups is 3. The molecule has 1 fully saturated rings. The van der Waals surface area contributed by atoms with Crippen LogP contribution in [0.3, 0.4) is 0 Å². The van der Waals surface area contributed by atoms with E-state index in [0.717, 1.165) is 5.56 Å². The van der Waals surface area contributed by atoms with Crippen molar-refractivity contribution in [1.29, 1.82) is 0 Å². The topological polar surface area (TPSA) is 116 Å². The van der Waals surface area contributed by atoms with Crippen molar-refractivity contribution in [2.24, 2.45) is 0 Å². The number of hydrogen-bond acceptors (Lipinski definition) is 6. The molecule has 1 saturated heterocycles. The maximum Gasteiger partial charge on any atom is 0.335 e. The molecule has 1 aliphatic heterocycles. The Labute approximate surface area is 127 Å². The van der Waals surface area contributed by atoms with Gasteiger partial charge in [-0.15, -0.1) is 0 Å². The van der Waals surface area contributed by atoms with Gasteiger partial charge in [-0.1, -0.05) is 37.3 Å². The van der Waals surface area contributed by atoms with E-state index in [4.69, 9.17) is 14.6 Å². The summed E-state index contributed by atoms with van der Waals surface area (Å²) in [4.78, 5) is 11.0. The summed E-state index contributed by atoms with van der Waals surface area (Å²) in [7, 11) is 0. The molecule has 4 N–H and O–H groups in total. The van der Waals surface area contributed by atoms with Gasteiger partial charge in [0.05, 0.1) is 6.61 Å². The van der Waals surface area contributed by atoms with Gasteiger partial charge in [0.1, 0.15) is 18.3 Å². The first-order valence-corrected chi connectivity index (χ1v) is 7.01. The second kappa shape index (κ2) is 7.17. The molecular formula is C15H20O7. The lowest BCUT2D eigenvalue weighted by atomic mass is 9.98. The first-order chi connectivity index (χ1) is 10.4. The Morgan fingerprint density at radius 1 is 1.18 bits per heavy atom. The highest BCUT2D eigenvalue weighted by atomic mass is 16.7. The van der Waals surface area contributed by atoms with Gasteiger partial charge in [0, 0.05) is 5.92 Å². The molecule has 0 saturated carbocycles. The SMILES string of the molecule is C[C@H](CO[C@@H]1O[C@H](C(=O)O)[C@@H](O)[C@H](O)[C@H]1O)c1ccccc1. The average molecular weight is 312 g/mol. The minimum atomic E-state index is -1.71. The molecule has 122 valence electrons. The van der Waals surface area contributed by atoms with Crippen LogP contribution in [0.25, 0.3) is 0 Å². The molecule has 7 heteroatoms. The second-order valence-electron chi connectivity index (χ2n) is 5.38. The van der Waals surface area contributed by atoms with Crippen molar-refractivity contribution in [1.82, 2.24) is 0 Å². The van der Waals surface area contributed by atoms with E-state index in [-0.39, 0.29) is 12.5 Å². The minimum Gasteiger partial charge on any atom is -0.479 e. The zero-order valence-electron chi connectivity index (χ0n) is 12.1. The predicted molar refractivity (Wildman–Crippen MR) is 75.1 cm³/mol. The van der Waals surface area contributed by atoms with Gasteiger partial charge in [0.25, 0.3) is 0 Å². The monoisotopic (exact) mass is 312 g/mol. The maximum atomic E-state index is 11.0. The van der Waals surface area contributed by atoms with Crippen molar-refractivity contribution in [3.63, 3.8) is 0 Å². The highest BCUT2D eigenvalue weighted by molar-refractivity contribution is 5.73. The Balaban J connectivity index is 1.98. The van der Waals surface area contributed by atoms with Crippen molar-refractivity contribution in [2.45, 2.75) is 43.5 Å². The molecule has 7 nitrogen and oxygen atoms in total. The van der Waals surface area contributed by atoms with Crippen LogP contribution in [0, 0.1) is 0 Å². The second-order valence-corrected chi connectivity index (χ2v) is 5.38. The minimum absolute atomic E-state index is 0.00993. The summed E-state index contributed by atoms with van der Waals surface area (Å²) in [6, 6.07) is 9.51. The van der Waals surface area contributed by atoms with Crippen LogP contribution in [-0.2, 0) is 14.3 Å². The van der Waals surface area contributed by atoms with Crippen LogP contribution in [0.1, 0.15) is 18.4 Å². The van der Waals surface area contributed by atoms with E-state index in [9.17, 15) is 20.1 Å². The summed E-state index contributed by atoms with van der Waals surface area (Å²) in [5.74, 6) is -1.44. The van der Waals surface area contributed by atoms with Crippen molar-refractivity contribution in [2.75, 3.05) is 6.61 Å². The summed E-state index contributed by atoms with van der Waals surface area (Å²) < 4.78 is 10.5. The Kier molecular flexibility index (Phi) is 5.49. The van der Waals surface area contributed by atoms with Crippen molar-refractivity contribution in [3.05, 3.63) is 35.9 Å². The number of benzene rings is 1. The summed E-state index contributed by atoms with van der Waals surface area (Å²) in [6.07, 6.45) is -7.83. The Bertz CT molecular complexity index is 492. The highest BCUT2D eigenvalue weighted by Crippen LogP contribution is 2.24. The van der Waals surface area contributed by atoms with Crippen molar-refractivity contribution >= 4 is 5.97 Å². The van der Waals surface area contributed by atoms with E-state index in [1.54, 1.807) is 0 Å². The molecule has 1 aliphatic rings. The molecule has 0 aromatic heterocycles. The van der Waals surface area contributed by atoms with Crippen LogP contribution >= 0.6 is 0 Å². The molecule has 0 amide bonds. The van der Waals surface area contributed by atoms with Gasteiger partial charge in [0.15, 0.2) is 12.4 Å². The number of ether oxygens (including phenoxy) is 2. The summed E-state index contributed by atoms with van der Waals surface area (Å²) in [6.45, 7) is 2.07. The number of aliphatic hydroxyl groups excluding tert-OH is 3. The largest absolute Gasteiger partial charge is 0.479 e. The normalized spacial score (nSPS) is 33.4. The molecule has 0 aliphatic carbocycles. The van der Waals surface area contributed by atoms with Gasteiger partial charge >= 0.3 is 5.97 Å². The third-order valence-electron chi connectivity index (χ3n) is 3.69. The number of aliphatic carboxylic acids is 1. The van der Waals surface area contributed by atoms with Crippen molar-refractivity contribution < 1.29 is 34.7 Å².